The van der Waals surface area contributed by atoms with Gasteiger partial charge in [0, 0.05) is 6.54 Å². The smallest absolute Gasteiger partial charge is 0.0717 e. The Hall–Kier alpha value is 0.210. The van der Waals surface area contributed by atoms with Crippen LogP contribution in [0.4, 0.5) is 0 Å². The summed E-state index contributed by atoms with van der Waals surface area (Å²) in [5.74, 6) is 2.67. The van der Waals surface area contributed by atoms with E-state index in [1.165, 1.54) is 12.8 Å². The molecule has 1 heterocycles. The molecule has 0 radical (unpaired) electrons. The molecular weight excluding hydrogens is 220 g/mol. The SMILES string of the molecule is CC(C)CCC1C(Cl)C(N)NCC1C(C)C. The molecule has 2 nitrogen and oxygen atoms in total. The monoisotopic (exact) mass is 246 g/mol. The molecule has 0 saturated carbocycles. The minimum absolute atomic E-state index is 0.0335. The van der Waals surface area contributed by atoms with Crippen LogP contribution < -0.4 is 11.1 Å². The van der Waals surface area contributed by atoms with Crippen molar-refractivity contribution in [2.75, 3.05) is 6.54 Å². The van der Waals surface area contributed by atoms with E-state index < -0.39 is 0 Å². The fraction of sp³-hybridized carbons (Fsp3) is 1.00. The highest BCUT2D eigenvalue weighted by Crippen LogP contribution is 2.34. The molecule has 0 aromatic heterocycles. The summed E-state index contributed by atoms with van der Waals surface area (Å²) in [6.45, 7) is 10.1. The first-order valence-corrected chi connectivity index (χ1v) is 7.00. The molecule has 4 atom stereocenters. The molecule has 0 aromatic carbocycles. The van der Waals surface area contributed by atoms with Crippen molar-refractivity contribution in [2.45, 2.75) is 52.1 Å². The van der Waals surface area contributed by atoms with Gasteiger partial charge in [-0.1, -0.05) is 34.1 Å². The number of nitrogens with two attached hydrogens (primary N) is 1. The third-order valence-corrected chi connectivity index (χ3v) is 4.42. The van der Waals surface area contributed by atoms with E-state index in [9.17, 15) is 0 Å². The Balaban J connectivity index is 2.62. The largest absolute Gasteiger partial charge is 0.315 e. The van der Waals surface area contributed by atoms with Crippen molar-refractivity contribution in [1.82, 2.24) is 5.32 Å². The lowest BCUT2D eigenvalue weighted by Crippen LogP contribution is -2.57. The molecule has 0 bridgehead atoms. The van der Waals surface area contributed by atoms with Crippen LogP contribution in [0.1, 0.15) is 40.5 Å². The van der Waals surface area contributed by atoms with Gasteiger partial charge in [0.05, 0.1) is 11.5 Å². The molecule has 0 aliphatic carbocycles. The maximum absolute atomic E-state index is 6.47. The molecule has 0 amide bonds. The number of hydrogen-bond acceptors (Lipinski definition) is 2. The van der Waals surface area contributed by atoms with Gasteiger partial charge < -0.3 is 11.1 Å². The van der Waals surface area contributed by atoms with Gasteiger partial charge in [0.1, 0.15) is 0 Å². The van der Waals surface area contributed by atoms with Crippen molar-refractivity contribution >= 4 is 11.6 Å². The molecule has 16 heavy (non-hydrogen) atoms. The van der Waals surface area contributed by atoms with E-state index >= 15 is 0 Å². The second kappa shape index (κ2) is 6.23. The minimum atomic E-state index is -0.0335. The standard InChI is InChI=1S/C13H27ClN2/c1-8(2)5-6-10-11(9(3)4)7-16-13(15)12(10)14/h8-13,16H,5-7,15H2,1-4H3. The van der Waals surface area contributed by atoms with Crippen LogP contribution in [-0.4, -0.2) is 18.1 Å². The second-order valence-electron chi connectivity index (χ2n) is 5.92. The molecule has 1 rings (SSSR count). The van der Waals surface area contributed by atoms with Gasteiger partial charge in [0.25, 0.3) is 0 Å². The van der Waals surface area contributed by atoms with Gasteiger partial charge in [-0.2, -0.15) is 0 Å². The van der Waals surface area contributed by atoms with Gasteiger partial charge >= 0.3 is 0 Å². The molecule has 3 heteroatoms. The molecule has 1 aliphatic rings. The molecule has 96 valence electrons. The number of hydrogen-bond donors (Lipinski definition) is 2. The van der Waals surface area contributed by atoms with E-state index in [-0.39, 0.29) is 11.5 Å². The zero-order valence-corrected chi connectivity index (χ0v) is 11.8. The van der Waals surface area contributed by atoms with Gasteiger partial charge in [0.2, 0.25) is 0 Å². The highest BCUT2D eigenvalue weighted by atomic mass is 35.5. The van der Waals surface area contributed by atoms with Gasteiger partial charge in [-0.25, -0.2) is 0 Å². The highest BCUT2D eigenvalue weighted by Gasteiger charge is 2.37. The van der Waals surface area contributed by atoms with Gasteiger partial charge in [-0.15, -0.1) is 11.6 Å². The zero-order chi connectivity index (χ0) is 12.3. The fourth-order valence-corrected chi connectivity index (χ4v) is 3.07. The fourth-order valence-electron chi connectivity index (χ4n) is 2.67. The first-order chi connectivity index (χ1) is 7.43. The lowest BCUT2D eigenvalue weighted by atomic mass is 9.75. The average Bonchev–Trinajstić information content (AvgIpc) is 2.19. The number of halogens is 1. The van der Waals surface area contributed by atoms with Crippen molar-refractivity contribution in [1.29, 1.82) is 0 Å². The van der Waals surface area contributed by atoms with Gasteiger partial charge in [-0.05, 0) is 30.1 Å². The van der Waals surface area contributed by atoms with Crippen LogP contribution in [0.5, 0.6) is 0 Å². The van der Waals surface area contributed by atoms with Crippen LogP contribution in [0.15, 0.2) is 0 Å². The predicted octanol–water partition coefficient (Wildman–Crippen LogP) is 2.81. The zero-order valence-electron chi connectivity index (χ0n) is 11.0. The summed E-state index contributed by atoms with van der Waals surface area (Å²) in [6.07, 6.45) is 2.43. The summed E-state index contributed by atoms with van der Waals surface area (Å²) in [5.41, 5.74) is 5.99. The normalized spacial score (nSPS) is 36.0. The maximum atomic E-state index is 6.47. The van der Waals surface area contributed by atoms with E-state index in [1.54, 1.807) is 0 Å². The van der Waals surface area contributed by atoms with Gasteiger partial charge in [-0.3, -0.25) is 0 Å². The predicted molar refractivity (Wildman–Crippen MR) is 71.5 cm³/mol. The number of piperidine rings is 1. The third-order valence-electron chi connectivity index (χ3n) is 3.82. The summed E-state index contributed by atoms with van der Waals surface area (Å²) < 4.78 is 0. The van der Waals surface area contributed by atoms with E-state index in [1.807, 2.05) is 0 Å². The molecule has 1 saturated heterocycles. The van der Waals surface area contributed by atoms with Crippen LogP contribution in [0.25, 0.3) is 0 Å². The van der Waals surface area contributed by atoms with E-state index in [2.05, 4.69) is 33.0 Å². The lowest BCUT2D eigenvalue weighted by molar-refractivity contribution is 0.154. The Labute approximate surface area is 105 Å². The van der Waals surface area contributed by atoms with E-state index in [4.69, 9.17) is 17.3 Å². The number of nitrogens with one attached hydrogen (secondary N) is 1. The summed E-state index contributed by atoms with van der Waals surface area (Å²) in [6, 6.07) is 0. The summed E-state index contributed by atoms with van der Waals surface area (Å²) >= 11 is 6.47. The van der Waals surface area contributed by atoms with Crippen molar-refractivity contribution < 1.29 is 0 Å². The summed E-state index contributed by atoms with van der Waals surface area (Å²) in [7, 11) is 0. The van der Waals surface area contributed by atoms with E-state index in [0.717, 1.165) is 12.5 Å². The minimum Gasteiger partial charge on any atom is -0.315 e. The Bertz CT molecular complexity index is 206. The van der Waals surface area contributed by atoms with Crippen LogP contribution in [0.3, 0.4) is 0 Å². The van der Waals surface area contributed by atoms with Crippen LogP contribution in [-0.2, 0) is 0 Å². The average molecular weight is 247 g/mol. The molecule has 4 unspecified atom stereocenters. The molecule has 0 aromatic rings. The third kappa shape index (κ3) is 3.61. The Morgan fingerprint density at radius 2 is 1.94 bits per heavy atom. The van der Waals surface area contributed by atoms with Crippen molar-refractivity contribution in [3.8, 4) is 0 Å². The van der Waals surface area contributed by atoms with Gasteiger partial charge in [0.15, 0.2) is 0 Å². The van der Waals surface area contributed by atoms with Crippen molar-refractivity contribution in [2.24, 2.45) is 29.4 Å². The molecule has 3 N–H and O–H groups in total. The molecular formula is C13H27ClN2. The maximum Gasteiger partial charge on any atom is 0.0717 e. The Morgan fingerprint density at radius 3 is 2.44 bits per heavy atom. The van der Waals surface area contributed by atoms with Crippen LogP contribution in [0, 0.1) is 23.7 Å². The highest BCUT2D eigenvalue weighted by molar-refractivity contribution is 6.21. The number of rotatable bonds is 4. The molecule has 1 aliphatic heterocycles. The van der Waals surface area contributed by atoms with E-state index in [0.29, 0.717) is 17.8 Å². The topological polar surface area (TPSA) is 38.0 Å². The first kappa shape index (κ1) is 14.3. The lowest BCUT2D eigenvalue weighted by Gasteiger charge is -2.42. The van der Waals surface area contributed by atoms with Crippen molar-refractivity contribution in [3.63, 3.8) is 0 Å². The first-order valence-electron chi connectivity index (χ1n) is 6.56. The number of alkyl halides is 1. The van der Waals surface area contributed by atoms with Crippen LogP contribution >= 0.6 is 11.6 Å². The Kier molecular flexibility index (Phi) is 5.55. The second-order valence-corrected chi connectivity index (χ2v) is 6.43. The van der Waals surface area contributed by atoms with Crippen LogP contribution in [0.2, 0.25) is 0 Å². The summed E-state index contributed by atoms with van der Waals surface area (Å²) in [4.78, 5) is 0. The quantitative estimate of drug-likeness (QED) is 0.749. The molecule has 0 spiro atoms. The Morgan fingerprint density at radius 1 is 1.31 bits per heavy atom. The summed E-state index contributed by atoms with van der Waals surface area (Å²) in [5, 5.41) is 3.41. The molecule has 1 fully saturated rings. The van der Waals surface area contributed by atoms with Crippen molar-refractivity contribution in [3.05, 3.63) is 0 Å².